The van der Waals surface area contributed by atoms with Gasteiger partial charge < -0.3 is 24.8 Å². The van der Waals surface area contributed by atoms with Gasteiger partial charge in [0.05, 0.1) is 24.0 Å². The molecule has 9 heteroatoms. The van der Waals surface area contributed by atoms with E-state index in [4.69, 9.17) is 19.9 Å². The maximum Gasteiger partial charge on any atom is 0.340 e. The third-order valence-electron chi connectivity index (χ3n) is 7.94. The molecule has 3 aromatic rings. The lowest BCUT2D eigenvalue weighted by Gasteiger charge is -2.41. The van der Waals surface area contributed by atoms with Gasteiger partial charge in [-0.1, -0.05) is 32.0 Å². The number of hydrogen-bond acceptors (Lipinski definition) is 7. The van der Waals surface area contributed by atoms with Crippen molar-refractivity contribution >= 4 is 17.5 Å². The first-order chi connectivity index (χ1) is 21.0. The van der Waals surface area contributed by atoms with Crippen LogP contribution in [0.15, 0.2) is 42.5 Å². The monoisotopic (exact) mass is 623 g/mol. The van der Waals surface area contributed by atoms with Crippen LogP contribution in [0.5, 0.6) is 5.75 Å². The minimum Gasteiger partial charge on any atom is -0.490 e. The molecule has 244 valence electrons. The van der Waals surface area contributed by atoms with Crippen LogP contribution in [0.25, 0.3) is 11.1 Å². The number of piperidine rings is 1. The van der Waals surface area contributed by atoms with E-state index in [2.05, 4.69) is 23.7 Å². The second kappa shape index (κ2) is 13.7. The summed E-state index contributed by atoms with van der Waals surface area (Å²) in [7, 11) is 0. The standard InChI is InChI=1S/C36H47F2N3O4/c1-22(2)44-34(42)32(45-35(4,5)6)29-23(3)40-33(39)30(31(29)41-18-16-36(7,8)17-19-41)25-11-14-28(27(38)21-25)43-20-15-24-9-12-26(37)13-10-24/h9-14,21-22,32H,15-20H2,1-8H3,(H2,39,40). The fraction of sp³-hybridized carbons (Fsp3) is 0.500. The number of carbonyl (C=O) groups is 1. The molecule has 1 unspecified atom stereocenters. The summed E-state index contributed by atoms with van der Waals surface area (Å²) in [6.45, 7) is 17.2. The van der Waals surface area contributed by atoms with Crippen molar-refractivity contribution in [2.24, 2.45) is 5.41 Å². The Morgan fingerprint density at radius 1 is 1.07 bits per heavy atom. The van der Waals surface area contributed by atoms with E-state index in [0.29, 0.717) is 47.6 Å². The van der Waals surface area contributed by atoms with Gasteiger partial charge >= 0.3 is 5.97 Å². The first-order valence-corrected chi connectivity index (χ1v) is 15.6. The van der Waals surface area contributed by atoms with Crippen molar-refractivity contribution in [1.29, 1.82) is 0 Å². The number of pyridine rings is 1. The number of benzene rings is 2. The molecule has 2 N–H and O–H groups in total. The summed E-state index contributed by atoms with van der Waals surface area (Å²) in [5.74, 6) is -1.06. The van der Waals surface area contributed by atoms with Gasteiger partial charge in [-0.3, -0.25) is 0 Å². The van der Waals surface area contributed by atoms with Gasteiger partial charge in [-0.2, -0.15) is 0 Å². The number of aromatic nitrogens is 1. The van der Waals surface area contributed by atoms with E-state index in [-0.39, 0.29) is 35.5 Å². The van der Waals surface area contributed by atoms with Gasteiger partial charge in [0.25, 0.3) is 0 Å². The Hall–Kier alpha value is -3.72. The van der Waals surface area contributed by atoms with Crippen LogP contribution in [0.1, 0.15) is 84.2 Å². The molecule has 7 nitrogen and oxygen atoms in total. The molecule has 2 heterocycles. The van der Waals surface area contributed by atoms with Gasteiger partial charge in [0.15, 0.2) is 17.7 Å². The number of halogens is 2. The number of nitrogens with zero attached hydrogens (tertiary/aromatic N) is 2. The van der Waals surface area contributed by atoms with Crippen LogP contribution in [-0.4, -0.2) is 42.4 Å². The van der Waals surface area contributed by atoms with Crippen molar-refractivity contribution in [2.45, 2.75) is 92.5 Å². The van der Waals surface area contributed by atoms with Crippen LogP contribution in [0.2, 0.25) is 0 Å². The van der Waals surface area contributed by atoms with Crippen LogP contribution in [0.3, 0.4) is 0 Å². The number of nitrogens with two attached hydrogens (primary N) is 1. The number of esters is 1. The van der Waals surface area contributed by atoms with Gasteiger partial charge in [0.1, 0.15) is 11.6 Å². The van der Waals surface area contributed by atoms with Crippen molar-refractivity contribution in [2.75, 3.05) is 30.3 Å². The Labute approximate surface area is 266 Å². The molecule has 0 bridgehead atoms. The van der Waals surface area contributed by atoms with E-state index in [1.54, 1.807) is 38.1 Å². The van der Waals surface area contributed by atoms with Crippen LogP contribution in [-0.2, 0) is 20.7 Å². The summed E-state index contributed by atoms with van der Waals surface area (Å²) in [5.41, 5.74) is 9.86. The summed E-state index contributed by atoms with van der Waals surface area (Å²) in [4.78, 5) is 20.5. The molecule has 0 spiro atoms. The summed E-state index contributed by atoms with van der Waals surface area (Å²) in [5, 5.41) is 0. The van der Waals surface area contributed by atoms with Crippen molar-refractivity contribution in [3.8, 4) is 16.9 Å². The zero-order chi connectivity index (χ0) is 33.1. The average molecular weight is 624 g/mol. The quantitative estimate of drug-likeness (QED) is 0.229. The number of rotatable bonds is 10. The molecule has 1 saturated heterocycles. The third-order valence-corrected chi connectivity index (χ3v) is 7.94. The highest BCUT2D eigenvalue weighted by Crippen LogP contribution is 2.46. The molecule has 4 rings (SSSR count). The van der Waals surface area contributed by atoms with E-state index in [1.807, 2.05) is 27.7 Å². The van der Waals surface area contributed by atoms with E-state index in [1.165, 1.54) is 18.2 Å². The number of carbonyl (C=O) groups excluding carboxylic acids is 1. The normalized spacial score (nSPS) is 15.7. The highest BCUT2D eigenvalue weighted by Gasteiger charge is 2.38. The second-order valence-electron chi connectivity index (χ2n) is 13.8. The summed E-state index contributed by atoms with van der Waals surface area (Å²) in [6, 6.07) is 10.9. The maximum atomic E-state index is 15.6. The van der Waals surface area contributed by atoms with Crippen LogP contribution < -0.4 is 15.4 Å². The molecule has 45 heavy (non-hydrogen) atoms. The van der Waals surface area contributed by atoms with Crippen LogP contribution in [0, 0.1) is 24.0 Å². The largest absolute Gasteiger partial charge is 0.490 e. The van der Waals surface area contributed by atoms with Crippen molar-refractivity contribution < 1.29 is 27.8 Å². The molecule has 1 aliphatic heterocycles. The molecule has 0 amide bonds. The zero-order valence-corrected chi connectivity index (χ0v) is 27.8. The van der Waals surface area contributed by atoms with Gasteiger partial charge in [0, 0.05) is 36.3 Å². The molecule has 1 aliphatic rings. The molecule has 1 atom stereocenters. The predicted molar refractivity (Wildman–Crippen MR) is 174 cm³/mol. The van der Waals surface area contributed by atoms with E-state index >= 15 is 4.39 Å². The van der Waals surface area contributed by atoms with Gasteiger partial charge in [0.2, 0.25) is 0 Å². The van der Waals surface area contributed by atoms with Crippen molar-refractivity contribution in [3.63, 3.8) is 0 Å². The first-order valence-electron chi connectivity index (χ1n) is 15.6. The van der Waals surface area contributed by atoms with Crippen molar-refractivity contribution in [1.82, 2.24) is 4.98 Å². The molecular formula is C36H47F2N3O4. The molecule has 0 radical (unpaired) electrons. The first kappa shape index (κ1) is 34.2. The summed E-state index contributed by atoms with van der Waals surface area (Å²) in [6.07, 6.45) is 0.904. The van der Waals surface area contributed by atoms with Gasteiger partial charge in [-0.25, -0.2) is 18.6 Å². The lowest BCUT2D eigenvalue weighted by atomic mass is 9.82. The van der Waals surface area contributed by atoms with Crippen molar-refractivity contribution in [3.05, 3.63) is 70.9 Å². The molecule has 0 saturated carbocycles. The Morgan fingerprint density at radius 2 is 1.71 bits per heavy atom. The topological polar surface area (TPSA) is 86.9 Å². The Balaban J connectivity index is 1.79. The average Bonchev–Trinajstić information content (AvgIpc) is 2.93. The molecule has 0 aliphatic carbocycles. The Bertz CT molecular complexity index is 1490. The fourth-order valence-electron chi connectivity index (χ4n) is 5.56. The summed E-state index contributed by atoms with van der Waals surface area (Å²) < 4.78 is 46.7. The second-order valence-corrected chi connectivity index (χ2v) is 13.8. The van der Waals surface area contributed by atoms with Crippen LogP contribution >= 0.6 is 0 Å². The molecule has 2 aromatic carbocycles. The summed E-state index contributed by atoms with van der Waals surface area (Å²) >= 11 is 0. The SMILES string of the molecule is Cc1nc(N)c(-c2ccc(OCCc3ccc(F)cc3)c(F)c2)c(N2CCC(C)(C)CC2)c1C(OC(C)(C)C)C(=O)OC(C)C. The molecule has 1 fully saturated rings. The Morgan fingerprint density at radius 3 is 2.29 bits per heavy atom. The van der Waals surface area contributed by atoms with Gasteiger partial charge in [-0.05, 0) is 95.2 Å². The minimum atomic E-state index is -1.08. The van der Waals surface area contributed by atoms with E-state index in [0.717, 1.165) is 18.4 Å². The smallest absolute Gasteiger partial charge is 0.340 e. The fourth-order valence-corrected chi connectivity index (χ4v) is 5.56. The number of nitrogen functional groups attached to an aromatic ring is 1. The van der Waals surface area contributed by atoms with E-state index < -0.39 is 23.5 Å². The lowest BCUT2D eigenvalue weighted by Crippen LogP contribution is -2.39. The number of aryl methyl sites for hydroxylation is 1. The third kappa shape index (κ3) is 8.72. The minimum absolute atomic E-state index is 0.0930. The molecule has 1 aromatic heterocycles. The number of ether oxygens (including phenoxy) is 3. The zero-order valence-electron chi connectivity index (χ0n) is 27.8. The lowest BCUT2D eigenvalue weighted by molar-refractivity contribution is -0.171. The maximum absolute atomic E-state index is 15.6. The van der Waals surface area contributed by atoms with E-state index in [9.17, 15) is 9.18 Å². The Kier molecular flexibility index (Phi) is 10.4. The molecular weight excluding hydrogens is 576 g/mol. The van der Waals surface area contributed by atoms with Crippen LogP contribution in [0.4, 0.5) is 20.3 Å². The predicted octanol–water partition coefficient (Wildman–Crippen LogP) is 7.97. The van der Waals surface area contributed by atoms with Gasteiger partial charge in [-0.15, -0.1) is 0 Å². The highest BCUT2D eigenvalue weighted by atomic mass is 19.1. The number of anilines is 2. The number of hydrogen-bond donors (Lipinski definition) is 1. The highest BCUT2D eigenvalue weighted by molar-refractivity contribution is 5.92.